The smallest absolute Gasteiger partial charge is 0.197 e. The number of Topliss-reactive ketones (excluding diaryl/α,β-unsaturated/α-hetero) is 1. The zero-order valence-electron chi connectivity index (χ0n) is 7.50. The molecule has 4 heteroatoms. The second-order valence-electron chi connectivity index (χ2n) is 3.04. The average molecular weight is 210 g/mol. The number of rotatable bonds is 1. The molecule has 0 aliphatic rings. The molecular formula is C10H8ClNO2. The topological polar surface area (TPSA) is 56.2 Å². The van der Waals surface area contributed by atoms with Crippen molar-refractivity contribution >= 4 is 34.0 Å². The van der Waals surface area contributed by atoms with Crippen molar-refractivity contribution in [1.82, 2.24) is 0 Å². The van der Waals surface area contributed by atoms with Crippen LogP contribution in [0, 0.1) is 0 Å². The lowest BCUT2D eigenvalue weighted by atomic mass is 10.2. The Labute approximate surface area is 85.4 Å². The largest absolute Gasteiger partial charge is 0.451 e. The Morgan fingerprint density at radius 2 is 2.21 bits per heavy atom. The fraction of sp³-hybridized carbons (Fsp3) is 0.100. The molecule has 0 unspecified atom stereocenters. The van der Waals surface area contributed by atoms with Gasteiger partial charge in [0.1, 0.15) is 5.58 Å². The molecule has 1 aromatic heterocycles. The van der Waals surface area contributed by atoms with Crippen molar-refractivity contribution in [3.63, 3.8) is 0 Å². The lowest BCUT2D eigenvalue weighted by Gasteiger charge is -1.90. The number of carbonyl (C=O) groups excluding carboxylic acids is 1. The van der Waals surface area contributed by atoms with E-state index in [-0.39, 0.29) is 11.5 Å². The van der Waals surface area contributed by atoms with Gasteiger partial charge in [-0.3, -0.25) is 4.79 Å². The molecule has 0 aliphatic heterocycles. The predicted molar refractivity (Wildman–Crippen MR) is 55.6 cm³/mol. The van der Waals surface area contributed by atoms with Gasteiger partial charge < -0.3 is 10.2 Å². The number of carbonyl (C=O) groups is 1. The first-order valence-electron chi connectivity index (χ1n) is 4.08. The zero-order chi connectivity index (χ0) is 10.3. The number of nitrogen functional groups attached to an aromatic ring is 1. The maximum absolute atomic E-state index is 11.1. The van der Waals surface area contributed by atoms with Crippen molar-refractivity contribution in [3.8, 4) is 0 Å². The number of halogens is 1. The molecule has 0 atom stereocenters. The Balaban J connectivity index is 2.80. The van der Waals surface area contributed by atoms with E-state index in [9.17, 15) is 4.79 Å². The maximum Gasteiger partial charge on any atom is 0.197 e. The van der Waals surface area contributed by atoms with Crippen LogP contribution in [0.2, 0.25) is 5.02 Å². The molecule has 2 rings (SSSR count). The van der Waals surface area contributed by atoms with Crippen LogP contribution in [-0.4, -0.2) is 5.78 Å². The third-order valence-electron chi connectivity index (χ3n) is 2.01. The van der Waals surface area contributed by atoms with E-state index in [1.165, 1.54) is 6.92 Å². The van der Waals surface area contributed by atoms with Crippen LogP contribution >= 0.6 is 11.6 Å². The summed E-state index contributed by atoms with van der Waals surface area (Å²) in [5.74, 6) is 0.0112. The monoisotopic (exact) mass is 209 g/mol. The van der Waals surface area contributed by atoms with Crippen LogP contribution in [0.4, 0.5) is 5.69 Å². The highest BCUT2D eigenvalue weighted by atomic mass is 35.5. The molecule has 72 valence electrons. The van der Waals surface area contributed by atoms with E-state index < -0.39 is 0 Å². The van der Waals surface area contributed by atoms with Gasteiger partial charge >= 0.3 is 0 Å². The summed E-state index contributed by atoms with van der Waals surface area (Å²) >= 11 is 5.80. The van der Waals surface area contributed by atoms with E-state index in [0.717, 1.165) is 0 Å². The van der Waals surface area contributed by atoms with E-state index >= 15 is 0 Å². The number of hydrogen-bond acceptors (Lipinski definition) is 3. The average Bonchev–Trinajstić information content (AvgIpc) is 2.44. The first-order chi connectivity index (χ1) is 6.59. The van der Waals surface area contributed by atoms with Crippen molar-refractivity contribution in [3.05, 3.63) is 29.0 Å². The quantitative estimate of drug-likeness (QED) is 0.735. The van der Waals surface area contributed by atoms with Crippen LogP contribution in [0.25, 0.3) is 11.0 Å². The summed E-state index contributed by atoms with van der Waals surface area (Å²) < 4.78 is 5.28. The molecule has 3 nitrogen and oxygen atoms in total. The Bertz CT molecular complexity index is 516. The highest BCUT2D eigenvalue weighted by Gasteiger charge is 2.14. The summed E-state index contributed by atoms with van der Waals surface area (Å²) in [5, 5.41) is 1.25. The molecule has 1 aromatic carbocycles. The minimum Gasteiger partial charge on any atom is -0.451 e. The summed E-state index contributed by atoms with van der Waals surface area (Å²) in [4.78, 5) is 11.1. The number of nitrogens with two attached hydrogens (primary N) is 1. The summed E-state index contributed by atoms with van der Waals surface area (Å²) in [6.45, 7) is 1.41. The summed E-state index contributed by atoms with van der Waals surface area (Å²) in [6, 6.07) is 5.07. The van der Waals surface area contributed by atoms with Gasteiger partial charge in [0.15, 0.2) is 11.5 Å². The van der Waals surface area contributed by atoms with Crippen LogP contribution in [-0.2, 0) is 0 Å². The van der Waals surface area contributed by atoms with Gasteiger partial charge in [0.2, 0.25) is 0 Å². The first-order valence-corrected chi connectivity index (χ1v) is 4.46. The SMILES string of the molecule is CC(=O)c1oc2ccc(Cl)cc2c1N. The fourth-order valence-corrected chi connectivity index (χ4v) is 1.52. The van der Waals surface area contributed by atoms with Crippen LogP contribution in [0.5, 0.6) is 0 Å². The van der Waals surface area contributed by atoms with E-state index in [2.05, 4.69) is 0 Å². The molecule has 0 aliphatic carbocycles. The molecule has 0 spiro atoms. The summed E-state index contributed by atoms with van der Waals surface area (Å²) in [5.41, 5.74) is 6.67. The summed E-state index contributed by atoms with van der Waals surface area (Å²) in [6.07, 6.45) is 0. The van der Waals surface area contributed by atoms with Gasteiger partial charge in [-0.05, 0) is 18.2 Å². The normalized spacial score (nSPS) is 10.7. The Morgan fingerprint density at radius 3 is 2.86 bits per heavy atom. The molecule has 1 heterocycles. The van der Waals surface area contributed by atoms with E-state index in [4.69, 9.17) is 21.8 Å². The molecule has 2 N–H and O–H groups in total. The van der Waals surface area contributed by atoms with E-state index in [0.29, 0.717) is 21.7 Å². The lowest BCUT2D eigenvalue weighted by molar-refractivity contribution is 0.0990. The maximum atomic E-state index is 11.1. The van der Waals surface area contributed by atoms with Gasteiger partial charge in [-0.15, -0.1) is 0 Å². The van der Waals surface area contributed by atoms with Gasteiger partial charge in [-0.2, -0.15) is 0 Å². The predicted octanol–water partition coefficient (Wildman–Crippen LogP) is 2.87. The number of anilines is 1. The first kappa shape index (κ1) is 9.09. The molecule has 0 saturated carbocycles. The second-order valence-corrected chi connectivity index (χ2v) is 3.48. The molecule has 0 saturated heterocycles. The molecule has 14 heavy (non-hydrogen) atoms. The summed E-state index contributed by atoms with van der Waals surface area (Å²) in [7, 11) is 0. The molecule has 0 bridgehead atoms. The standard InChI is InChI=1S/C10H8ClNO2/c1-5(13)10-9(12)7-4-6(11)2-3-8(7)14-10/h2-4H,12H2,1H3. The minimum absolute atomic E-state index is 0.185. The van der Waals surface area contributed by atoms with Gasteiger partial charge in [0, 0.05) is 17.3 Å². The van der Waals surface area contributed by atoms with Crippen LogP contribution < -0.4 is 5.73 Å². The van der Waals surface area contributed by atoms with Crippen molar-refractivity contribution < 1.29 is 9.21 Å². The van der Waals surface area contributed by atoms with E-state index in [1.807, 2.05) is 0 Å². The Kier molecular flexibility index (Phi) is 1.97. The van der Waals surface area contributed by atoms with Crippen LogP contribution in [0.15, 0.2) is 22.6 Å². The number of fused-ring (bicyclic) bond motifs is 1. The number of furan rings is 1. The molecule has 0 radical (unpaired) electrons. The highest BCUT2D eigenvalue weighted by Crippen LogP contribution is 2.30. The zero-order valence-corrected chi connectivity index (χ0v) is 8.26. The molecule has 2 aromatic rings. The minimum atomic E-state index is -0.185. The van der Waals surface area contributed by atoms with Crippen molar-refractivity contribution in [1.29, 1.82) is 0 Å². The molecular weight excluding hydrogens is 202 g/mol. The van der Waals surface area contributed by atoms with Crippen molar-refractivity contribution in [2.75, 3.05) is 5.73 Å². The third kappa shape index (κ3) is 1.26. The van der Waals surface area contributed by atoms with Crippen LogP contribution in [0.3, 0.4) is 0 Å². The van der Waals surface area contributed by atoms with Gasteiger partial charge in [-0.1, -0.05) is 11.6 Å². The van der Waals surface area contributed by atoms with Gasteiger partial charge in [0.25, 0.3) is 0 Å². The second kappa shape index (κ2) is 3.03. The lowest BCUT2D eigenvalue weighted by Crippen LogP contribution is -1.94. The fourth-order valence-electron chi connectivity index (χ4n) is 1.35. The number of benzene rings is 1. The number of hydrogen-bond donors (Lipinski definition) is 1. The highest BCUT2D eigenvalue weighted by molar-refractivity contribution is 6.31. The molecule has 0 fully saturated rings. The van der Waals surface area contributed by atoms with Crippen molar-refractivity contribution in [2.45, 2.75) is 6.92 Å². The number of ketones is 1. The van der Waals surface area contributed by atoms with E-state index in [1.54, 1.807) is 18.2 Å². The van der Waals surface area contributed by atoms with Crippen LogP contribution in [0.1, 0.15) is 17.5 Å². The van der Waals surface area contributed by atoms with Gasteiger partial charge in [0.05, 0.1) is 5.69 Å². The Morgan fingerprint density at radius 1 is 1.50 bits per heavy atom. The third-order valence-corrected chi connectivity index (χ3v) is 2.24. The molecule has 0 amide bonds. The Hall–Kier alpha value is -1.48. The van der Waals surface area contributed by atoms with Crippen molar-refractivity contribution in [2.24, 2.45) is 0 Å². The van der Waals surface area contributed by atoms with Gasteiger partial charge in [-0.25, -0.2) is 0 Å².